The molecule has 47 heavy (non-hydrogen) atoms. The van der Waals surface area contributed by atoms with Crippen molar-refractivity contribution in [3.8, 4) is 0 Å². The summed E-state index contributed by atoms with van der Waals surface area (Å²) in [6, 6.07) is 8.37. The molecular formula is C35H45O11P. The molecule has 0 spiro atoms. The second-order valence-corrected chi connectivity index (χ2v) is 12.9. The Morgan fingerprint density at radius 1 is 0.723 bits per heavy atom. The van der Waals surface area contributed by atoms with Crippen LogP contribution in [0.3, 0.4) is 0 Å². The fourth-order valence-electron chi connectivity index (χ4n) is 5.54. The van der Waals surface area contributed by atoms with Crippen LogP contribution in [0.5, 0.6) is 0 Å². The maximum Gasteiger partial charge on any atom is 0.342 e. The SMILES string of the molecule is C/C=C/c1c(C(=O)OCC)c(C(=O)OCC)c(C(c2ccccc2)P2(=O)OCC(CC)(CC)CO2)c(C(=O)OCC)c1C(=O)OCC. The quantitative estimate of drug-likeness (QED) is 0.111. The molecule has 2 aromatic carbocycles. The molecule has 12 heteroatoms. The monoisotopic (exact) mass is 672 g/mol. The van der Waals surface area contributed by atoms with Gasteiger partial charge in [0.15, 0.2) is 0 Å². The van der Waals surface area contributed by atoms with Gasteiger partial charge in [0.25, 0.3) is 0 Å². The van der Waals surface area contributed by atoms with E-state index < -0.39 is 53.7 Å². The highest BCUT2D eigenvalue weighted by Crippen LogP contribution is 2.68. The van der Waals surface area contributed by atoms with E-state index >= 15 is 4.57 Å². The van der Waals surface area contributed by atoms with Gasteiger partial charge in [0, 0.05) is 16.5 Å². The first-order chi connectivity index (χ1) is 22.5. The average molecular weight is 673 g/mol. The molecule has 1 aliphatic rings. The number of carbonyl (C=O) groups excluding carboxylic acids is 4. The minimum absolute atomic E-state index is 0.0657. The molecule has 256 valence electrons. The summed E-state index contributed by atoms with van der Waals surface area (Å²) in [4.78, 5) is 56.0. The Balaban J connectivity index is 2.71. The Morgan fingerprint density at radius 2 is 1.13 bits per heavy atom. The summed E-state index contributed by atoms with van der Waals surface area (Å²) < 4.78 is 49.3. The predicted molar refractivity (Wildman–Crippen MR) is 176 cm³/mol. The fraction of sp³-hybridized carbons (Fsp3) is 0.486. The summed E-state index contributed by atoms with van der Waals surface area (Å²) in [5.74, 6) is -3.98. The Morgan fingerprint density at radius 3 is 1.49 bits per heavy atom. The van der Waals surface area contributed by atoms with Gasteiger partial charge in [0.1, 0.15) is 5.66 Å². The molecule has 0 N–H and O–H groups in total. The normalized spacial score (nSPS) is 15.9. The van der Waals surface area contributed by atoms with Crippen molar-refractivity contribution in [3.05, 3.63) is 75.4 Å². The third kappa shape index (κ3) is 7.86. The van der Waals surface area contributed by atoms with Gasteiger partial charge in [-0.1, -0.05) is 56.3 Å². The lowest BCUT2D eigenvalue weighted by Crippen LogP contribution is -2.36. The molecule has 1 heterocycles. The highest BCUT2D eigenvalue weighted by molar-refractivity contribution is 7.54. The van der Waals surface area contributed by atoms with Gasteiger partial charge in [-0.25, -0.2) is 19.2 Å². The smallest absolute Gasteiger partial charge is 0.342 e. The molecule has 2 aromatic rings. The van der Waals surface area contributed by atoms with Crippen LogP contribution in [-0.2, 0) is 32.6 Å². The average Bonchev–Trinajstić information content (AvgIpc) is 3.06. The third-order valence-electron chi connectivity index (χ3n) is 8.14. The van der Waals surface area contributed by atoms with E-state index in [1.165, 1.54) is 12.2 Å². The first-order valence-electron chi connectivity index (χ1n) is 16.0. The van der Waals surface area contributed by atoms with Crippen molar-refractivity contribution in [3.63, 3.8) is 0 Å². The summed E-state index contributed by atoms with van der Waals surface area (Å²) in [5.41, 5.74) is -3.56. The van der Waals surface area contributed by atoms with E-state index in [0.717, 1.165) is 0 Å². The second kappa shape index (κ2) is 16.9. The van der Waals surface area contributed by atoms with E-state index in [9.17, 15) is 19.2 Å². The van der Waals surface area contributed by atoms with Crippen LogP contribution in [0.15, 0.2) is 36.4 Å². The molecule has 1 atom stereocenters. The maximum absolute atomic E-state index is 15.1. The zero-order valence-electron chi connectivity index (χ0n) is 28.2. The minimum Gasteiger partial charge on any atom is -0.462 e. The van der Waals surface area contributed by atoms with E-state index in [-0.39, 0.29) is 61.9 Å². The number of benzene rings is 2. The zero-order valence-corrected chi connectivity index (χ0v) is 29.1. The summed E-state index contributed by atoms with van der Waals surface area (Å²) in [7, 11) is -4.34. The highest BCUT2D eigenvalue weighted by Gasteiger charge is 2.51. The lowest BCUT2D eigenvalue weighted by molar-refractivity contribution is 0.00960. The molecule has 0 radical (unpaired) electrons. The Bertz CT molecular complexity index is 1450. The molecule has 0 aromatic heterocycles. The van der Waals surface area contributed by atoms with E-state index in [0.29, 0.717) is 18.4 Å². The molecule has 0 bridgehead atoms. The molecule has 11 nitrogen and oxygen atoms in total. The standard InChI is InChI=1S/C35H45O11P/c1-8-18-24-25(31(36)41-11-4)28(33(38)43-13-6)27(29(34(39)44-14-7)26(24)32(37)42-12-5)30(23-19-16-15-17-20-23)47(40)45-21-35(9-2,10-3)22-46-47/h8,15-20,30H,9-14,21-22H2,1-7H3/b18-8+. The van der Waals surface area contributed by atoms with Crippen LogP contribution in [0.4, 0.5) is 0 Å². The van der Waals surface area contributed by atoms with Crippen LogP contribution in [0.2, 0.25) is 0 Å². The Kier molecular flexibility index (Phi) is 13.5. The summed E-state index contributed by atoms with van der Waals surface area (Å²) in [6.07, 6.45) is 4.29. The van der Waals surface area contributed by atoms with E-state index in [2.05, 4.69) is 0 Å². The lowest BCUT2D eigenvalue weighted by atomic mass is 9.83. The number of hydrogen-bond donors (Lipinski definition) is 0. The molecule has 1 aliphatic heterocycles. The van der Waals surface area contributed by atoms with Crippen LogP contribution in [0.25, 0.3) is 6.08 Å². The third-order valence-corrected chi connectivity index (χ3v) is 10.3. The minimum atomic E-state index is -4.34. The van der Waals surface area contributed by atoms with Crippen molar-refractivity contribution >= 4 is 37.5 Å². The van der Waals surface area contributed by atoms with Crippen LogP contribution >= 0.6 is 7.60 Å². The van der Waals surface area contributed by atoms with Gasteiger partial charge in [-0.15, -0.1) is 0 Å². The summed E-state index contributed by atoms with van der Waals surface area (Å²) in [6.45, 7) is 11.7. The molecule has 0 amide bonds. The Hall–Kier alpha value is -3.79. The Labute approximate surface area is 276 Å². The van der Waals surface area contributed by atoms with Crippen molar-refractivity contribution in [1.82, 2.24) is 0 Å². The lowest BCUT2D eigenvalue weighted by Gasteiger charge is -2.41. The van der Waals surface area contributed by atoms with Gasteiger partial charge >= 0.3 is 31.5 Å². The van der Waals surface area contributed by atoms with Gasteiger partial charge in [0.2, 0.25) is 0 Å². The van der Waals surface area contributed by atoms with E-state index in [1.54, 1.807) is 65.0 Å². The van der Waals surface area contributed by atoms with Gasteiger partial charge in [0.05, 0.1) is 61.9 Å². The van der Waals surface area contributed by atoms with Crippen molar-refractivity contribution in [2.24, 2.45) is 5.41 Å². The fourth-order valence-corrected chi connectivity index (χ4v) is 7.93. The first-order valence-corrected chi connectivity index (χ1v) is 17.6. The molecule has 1 unspecified atom stereocenters. The van der Waals surface area contributed by atoms with Crippen LogP contribution in [0, 0.1) is 5.41 Å². The predicted octanol–water partition coefficient (Wildman–Crippen LogP) is 7.56. The van der Waals surface area contributed by atoms with Gasteiger partial charge in [-0.3, -0.25) is 4.57 Å². The summed E-state index contributed by atoms with van der Waals surface area (Å²) in [5, 5.41) is 0. The molecule has 1 saturated heterocycles. The second-order valence-electron chi connectivity index (χ2n) is 10.8. The molecular weight excluding hydrogens is 627 g/mol. The van der Waals surface area contributed by atoms with Crippen molar-refractivity contribution in [2.75, 3.05) is 39.6 Å². The van der Waals surface area contributed by atoms with Gasteiger partial charge in [-0.05, 0) is 53.0 Å². The van der Waals surface area contributed by atoms with Crippen molar-refractivity contribution < 1.29 is 51.7 Å². The highest BCUT2D eigenvalue weighted by atomic mass is 31.2. The number of ether oxygens (including phenoxy) is 4. The molecule has 1 fully saturated rings. The van der Waals surface area contributed by atoms with Crippen molar-refractivity contribution in [1.29, 1.82) is 0 Å². The molecule has 3 rings (SSSR count). The van der Waals surface area contributed by atoms with Gasteiger partial charge in [-0.2, -0.15) is 0 Å². The number of carbonyl (C=O) groups is 4. The van der Waals surface area contributed by atoms with Crippen molar-refractivity contribution in [2.45, 2.75) is 67.0 Å². The number of esters is 4. The number of hydrogen-bond acceptors (Lipinski definition) is 11. The first kappa shape index (κ1) is 37.7. The van der Waals surface area contributed by atoms with Gasteiger partial charge < -0.3 is 28.0 Å². The number of rotatable bonds is 14. The molecule has 0 saturated carbocycles. The molecule has 0 aliphatic carbocycles. The topological polar surface area (TPSA) is 141 Å². The summed E-state index contributed by atoms with van der Waals surface area (Å²) >= 11 is 0. The van der Waals surface area contributed by atoms with Crippen LogP contribution in [0.1, 0.15) is 125 Å². The largest absolute Gasteiger partial charge is 0.462 e. The van der Waals surface area contributed by atoms with E-state index in [1.807, 2.05) is 13.8 Å². The zero-order chi connectivity index (χ0) is 34.8. The van der Waals surface area contributed by atoms with E-state index in [4.69, 9.17) is 28.0 Å². The number of allylic oxidation sites excluding steroid dienone is 1. The van der Waals surface area contributed by atoms with Crippen LogP contribution in [-0.4, -0.2) is 63.5 Å². The van der Waals surface area contributed by atoms with Crippen LogP contribution < -0.4 is 0 Å². The maximum atomic E-state index is 15.1.